The van der Waals surface area contributed by atoms with Crippen molar-refractivity contribution in [3.8, 4) is 17.2 Å². The highest BCUT2D eigenvalue weighted by atomic mass is 35.5. The third kappa shape index (κ3) is 5.49. The number of hydrogen-bond donors (Lipinski definition) is 1. The maximum atomic E-state index is 17.2. The topological polar surface area (TPSA) is 96.1 Å². The number of carbonyl (C=O) groups is 1. The predicted molar refractivity (Wildman–Crippen MR) is 200 cm³/mol. The second-order valence-corrected chi connectivity index (χ2v) is 15.8. The molecule has 5 aromatic rings. The molecule has 8 nitrogen and oxygen atoms in total. The Labute approximate surface area is 311 Å². The lowest BCUT2D eigenvalue weighted by Crippen LogP contribution is -2.41. The Balaban J connectivity index is 1.23. The van der Waals surface area contributed by atoms with Gasteiger partial charge >= 0.3 is 0 Å². The molecule has 266 valence electrons. The molecule has 2 saturated carbocycles. The van der Waals surface area contributed by atoms with Gasteiger partial charge in [-0.25, -0.2) is 9.37 Å². The Kier molecular flexibility index (Phi) is 8.50. The molecule has 0 spiro atoms. The summed E-state index contributed by atoms with van der Waals surface area (Å²) < 4.78 is 26.1. The highest BCUT2D eigenvalue weighted by Gasteiger charge is 2.51. The van der Waals surface area contributed by atoms with Gasteiger partial charge in [-0.3, -0.25) is 9.78 Å². The lowest BCUT2D eigenvalue weighted by atomic mass is 9.79. The number of nitrogens with zero attached hydrogens (tertiary/aromatic N) is 5. The standard InChI is InChI=1S/C41H39Cl2FN6O2/c1-21-6-5-13-46-32(21)20-52-26-16-33(49(19-26)41(51)23-10-11-23)34-17-28-22(2)48-38-29(40(28)50(34)39-25-15-31(39)47-18-25)14-24(7-4-12-45)35(37(38)44)27-8-3-9-30(42)36(27)43/h3,5-6,8-9,13-14,17,23,25-26,31,33,39,47H,4,7,10-11,15-16,18-20H2,1-2H3/t25-,26+,31-,33-,39+/m1/s1. The molecule has 6 heterocycles. The van der Waals surface area contributed by atoms with Gasteiger partial charge in [0.25, 0.3) is 0 Å². The SMILES string of the molecule is Cc1cccnc1CO[C@H]1C[C@H](c2cc3c(C)nc4c(F)c(-c5cccc(Cl)c5Cl)c(CCC#N)cc4c3n2[C@H]2[C@H]3CN[C@@H]2C3)N(C(=O)C2CC2)C1. The first-order valence-electron chi connectivity index (χ1n) is 18.3. The third-order valence-corrected chi connectivity index (χ3v) is 12.6. The van der Waals surface area contributed by atoms with Crippen molar-refractivity contribution in [2.45, 2.75) is 83.2 Å². The van der Waals surface area contributed by atoms with Gasteiger partial charge in [0.2, 0.25) is 5.91 Å². The van der Waals surface area contributed by atoms with E-state index in [0.29, 0.717) is 64.7 Å². The highest BCUT2D eigenvalue weighted by Crippen LogP contribution is 2.51. The Morgan fingerprint density at radius 2 is 1.98 bits per heavy atom. The monoisotopic (exact) mass is 736 g/mol. The van der Waals surface area contributed by atoms with E-state index in [2.05, 4.69) is 31.9 Å². The lowest BCUT2D eigenvalue weighted by Gasteiger charge is -2.39. The van der Waals surface area contributed by atoms with E-state index in [1.807, 2.05) is 32.0 Å². The summed E-state index contributed by atoms with van der Waals surface area (Å²) in [5.74, 6) is 0.178. The second kappa shape index (κ2) is 13.1. The molecule has 5 aliphatic rings. The number of aromatic nitrogens is 3. The van der Waals surface area contributed by atoms with Crippen LogP contribution in [0.4, 0.5) is 4.39 Å². The Bertz CT molecular complexity index is 2300. The molecule has 2 aliphatic carbocycles. The van der Waals surface area contributed by atoms with Gasteiger partial charge in [-0.05, 0) is 80.8 Å². The molecule has 1 N–H and O–H groups in total. The number of rotatable bonds is 9. The average molecular weight is 738 g/mol. The zero-order valence-corrected chi connectivity index (χ0v) is 30.6. The largest absolute Gasteiger partial charge is 0.370 e. The zero-order valence-electron chi connectivity index (χ0n) is 29.1. The molecule has 3 aliphatic heterocycles. The van der Waals surface area contributed by atoms with Crippen LogP contribution in [0.15, 0.2) is 48.7 Å². The van der Waals surface area contributed by atoms with E-state index in [9.17, 15) is 10.1 Å². The second-order valence-electron chi connectivity index (χ2n) is 15.0. The number of pyridine rings is 2. The average Bonchev–Trinajstić information content (AvgIpc) is 3.43. The number of fused-ring (bicyclic) bond motifs is 4. The van der Waals surface area contributed by atoms with Gasteiger partial charge in [-0.2, -0.15) is 5.26 Å². The fraction of sp³-hybridized carbons (Fsp3) is 0.415. The van der Waals surface area contributed by atoms with E-state index in [-0.39, 0.29) is 53.0 Å². The van der Waals surface area contributed by atoms with E-state index in [0.717, 1.165) is 53.7 Å². The van der Waals surface area contributed by atoms with Gasteiger partial charge in [0, 0.05) is 77.4 Å². The fourth-order valence-corrected chi connectivity index (χ4v) is 9.37. The minimum atomic E-state index is -0.478. The molecule has 3 saturated heterocycles. The Hall–Kier alpha value is -4.07. The third-order valence-electron chi connectivity index (χ3n) is 11.8. The van der Waals surface area contributed by atoms with Crippen LogP contribution in [-0.4, -0.2) is 50.6 Å². The maximum absolute atomic E-state index is 17.2. The molecule has 5 atom stereocenters. The fourth-order valence-electron chi connectivity index (χ4n) is 8.97. The predicted octanol–water partition coefficient (Wildman–Crippen LogP) is 8.57. The van der Waals surface area contributed by atoms with Crippen molar-refractivity contribution in [3.05, 3.63) is 92.7 Å². The first kappa shape index (κ1) is 33.7. The van der Waals surface area contributed by atoms with E-state index in [4.69, 9.17) is 32.9 Å². The summed E-state index contributed by atoms with van der Waals surface area (Å²) in [5.41, 5.74) is 6.40. The van der Waals surface area contributed by atoms with Crippen molar-refractivity contribution in [2.24, 2.45) is 11.8 Å². The number of nitriles is 1. The first-order chi connectivity index (χ1) is 25.2. The molecule has 11 heteroatoms. The van der Waals surface area contributed by atoms with Gasteiger partial charge in [0.05, 0.1) is 52.1 Å². The van der Waals surface area contributed by atoms with E-state index < -0.39 is 5.82 Å². The number of likely N-dealkylation sites (tertiary alicyclic amines) is 1. The van der Waals surface area contributed by atoms with Crippen molar-refractivity contribution in [2.75, 3.05) is 13.1 Å². The molecule has 3 aromatic heterocycles. The van der Waals surface area contributed by atoms with Gasteiger partial charge in [0.15, 0.2) is 5.82 Å². The van der Waals surface area contributed by atoms with Crippen LogP contribution in [0.5, 0.6) is 0 Å². The lowest BCUT2D eigenvalue weighted by molar-refractivity contribution is -0.134. The maximum Gasteiger partial charge on any atom is 0.226 e. The molecule has 0 radical (unpaired) electrons. The molecule has 2 aromatic carbocycles. The van der Waals surface area contributed by atoms with Gasteiger partial charge in [-0.1, -0.05) is 41.4 Å². The van der Waals surface area contributed by atoms with Gasteiger partial charge in [0.1, 0.15) is 5.52 Å². The van der Waals surface area contributed by atoms with Crippen LogP contribution in [0.25, 0.3) is 32.9 Å². The van der Waals surface area contributed by atoms with Crippen molar-refractivity contribution in [3.63, 3.8) is 0 Å². The molecular weight excluding hydrogens is 698 g/mol. The van der Waals surface area contributed by atoms with E-state index in [1.165, 1.54) is 0 Å². The van der Waals surface area contributed by atoms with Crippen LogP contribution < -0.4 is 5.32 Å². The highest BCUT2D eigenvalue weighted by molar-refractivity contribution is 6.43. The van der Waals surface area contributed by atoms with Crippen molar-refractivity contribution >= 4 is 50.9 Å². The number of ether oxygens (including phenoxy) is 1. The van der Waals surface area contributed by atoms with Gasteiger partial charge in [-0.15, -0.1) is 0 Å². The van der Waals surface area contributed by atoms with Crippen LogP contribution in [0.1, 0.15) is 72.4 Å². The van der Waals surface area contributed by atoms with Crippen molar-refractivity contribution < 1.29 is 13.9 Å². The summed E-state index contributed by atoms with van der Waals surface area (Å²) in [6.07, 6.45) is 5.73. The number of halogens is 3. The quantitative estimate of drug-likeness (QED) is 0.163. The Morgan fingerprint density at radius 1 is 1.13 bits per heavy atom. The summed E-state index contributed by atoms with van der Waals surface area (Å²) >= 11 is 13.1. The number of hydrogen-bond acceptors (Lipinski definition) is 6. The zero-order chi connectivity index (χ0) is 35.8. The number of benzene rings is 2. The molecule has 1 amide bonds. The summed E-state index contributed by atoms with van der Waals surface area (Å²) in [6.45, 7) is 5.78. The molecule has 2 bridgehead atoms. The minimum Gasteiger partial charge on any atom is -0.370 e. The van der Waals surface area contributed by atoms with E-state index >= 15 is 4.39 Å². The number of amides is 1. The van der Waals surface area contributed by atoms with Crippen molar-refractivity contribution in [1.82, 2.24) is 24.8 Å². The number of carbonyl (C=O) groups excluding carboxylic acids is 1. The number of nitrogens with one attached hydrogen (secondary N) is 1. The molecule has 10 rings (SSSR count). The summed E-state index contributed by atoms with van der Waals surface area (Å²) in [6, 6.07) is 15.8. The minimum absolute atomic E-state index is 0.0522. The van der Waals surface area contributed by atoms with Crippen LogP contribution in [-0.2, 0) is 22.6 Å². The van der Waals surface area contributed by atoms with Crippen LogP contribution >= 0.6 is 23.2 Å². The molecule has 5 fully saturated rings. The number of aryl methyl sites for hydroxylation is 3. The van der Waals surface area contributed by atoms with Crippen molar-refractivity contribution in [1.29, 1.82) is 5.26 Å². The van der Waals surface area contributed by atoms with Crippen LogP contribution in [0.2, 0.25) is 10.0 Å². The van der Waals surface area contributed by atoms with Crippen LogP contribution in [0.3, 0.4) is 0 Å². The Morgan fingerprint density at radius 3 is 2.71 bits per heavy atom. The summed E-state index contributed by atoms with van der Waals surface area (Å²) in [7, 11) is 0. The normalized spacial score (nSPS) is 23.8. The van der Waals surface area contributed by atoms with Gasteiger partial charge < -0.3 is 19.5 Å². The molecule has 0 unspecified atom stereocenters. The molecule has 52 heavy (non-hydrogen) atoms. The molecular formula is C41H39Cl2FN6O2. The first-order valence-corrected chi connectivity index (χ1v) is 19.0. The summed E-state index contributed by atoms with van der Waals surface area (Å²) in [5, 5.41) is 15.5. The summed E-state index contributed by atoms with van der Waals surface area (Å²) in [4.78, 5) is 25.5. The van der Waals surface area contributed by atoms with Crippen LogP contribution in [0, 0.1) is 42.8 Å². The smallest absolute Gasteiger partial charge is 0.226 e. The van der Waals surface area contributed by atoms with E-state index in [1.54, 1.807) is 24.4 Å².